The average molecular weight is 429 g/mol. The van der Waals surface area contributed by atoms with E-state index in [9.17, 15) is 9.59 Å². The van der Waals surface area contributed by atoms with E-state index < -0.39 is 6.09 Å². The minimum absolute atomic E-state index is 0.0265. The van der Waals surface area contributed by atoms with Gasteiger partial charge in [-0.25, -0.2) is 4.79 Å². The number of aromatic nitrogens is 1. The Bertz CT molecular complexity index is 1260. The standard InChI is InChI=1S/C21H17ClN2O4S/c1-11(23-21(26)27)12-2-4-13(5-3-12)14-6-7-16(28-10-22)18-17(14)15-8-9-29-19(15)20(25)24-18/h2-9,11,23H,10H2,1H3,(H,24,25)(H,26,27). The third kappa shape index (κ3) is 3.54. The van der Waals surface area contributed by atoms with Crippen LogP contribution in [-0.4, -0.2) is 22.2 Å². The number of benzene rings is 2. The summed E-state index contributed by atoms with van der Waals surface area (Å²) < 4.78 is 6.16. The molecular weight excluding hydrogens is 412 g/mol. The first kappa shape index (κ1) is 19.3. The molecule has 2 aromatic heterocycles. The Balaban J connectivity index is 1.90. The van der Waals surface area contributed by atoms with Gasteiger partial charge in [0.15, 0.2) is 6.07 Å². The SMILES string of the molecule is CC(NC(=O)O)c1ccc(-c2ccc(OCCl)c3[nH]c(=O)c4sccc4c23)cc1. The number of fused-ring (bicyclic) bond motifs is 3. The summed E-state index contributed by atoms with van der Waals surface area (Å²) in [5, 5.41) is 15.0. The van der Waals surface area contributed by atoms with E-state index in [0.29, 0.717) is 16.0 Å². The Kier molecular flexibility index (Phi) is 5.17. The van der Waals surface area contributed by atoms with Gasteiger partial charge in [-0.15, -0.1) is 11.3 Å². The van der Waals surface area contributed by atoms with Crippen molar-refractivity contribution in [3.63, 3.8) is 0 Å². The molecule has 8 heteroatoms. The summed E-state index contributed by atoms with van der Waals surface area (Å²) in [4.78, 5) is 26.3. The van der Waals surface area contributed by atoms with Crippen LogP contribution in [0.3, 0.4) is 0 Å². The molecule has 0 aliphatic heterocycles. The number of pyridine rings is 1. The third-order valence-electron chi connectivity index (χ3n) is 4.82. The first-order chi connectivity index (χ1) is 14.0. The van der Waals surface area contributed by atoms with Crippen LogP contribution in [0.15, 0.2) is 52.6 Å². The molecule has 6 nitrogen and oxygen atoms in total. The van der Waals surface area contributed by atoms with E-state index in [4.69, 9.17) is 21.4 Å². The number of halogens is 1. The smallest absolute Gasteiger partial charge is 0.405 e. The Labute approximate surface area is 174 Å². The summed E-state index contributed by atoms with van der Waals surface area (Å²) in [6.07, 6.45) is -1.06. The summed E-state index contributed by atoms with van der Waals surface area (Å²) in [5.41, 5.74) is 3.17. The molecule has 2 heterocycles. The van der Waals surface area contributed by atoms with Crippen molar-refractivity contribution in [2.75, 3.05) is 6.07 Å². The van der Waals surface area contributed by atoms with E-state index in [2.05, 4.69) is 10.3 Å². The molecule has 1 atom stereocenters. The summed E-state index contributed by atoms with van der Waals surface area (Å²) in [7, 11) is 0. The van der Waals surface area contributed by atoms with Gasteiger partial charge in [0.1, 0.15) is 10.4 Å². The first-order valence-electron chi connectivity index (χ1n) is 8.84. The van der Waals surface area contributed by atoms with Crippen molar-refractivity contribution in [1.29, 1.82) is 0 Å². The third-order valence-corrected chi connectivity index (χ3v) is 5.84. The van der Waals surface area contributed by atoms with Gasteiger partial charge in [-0.2, -0.15) is 0 Å². The predicted molar refractivity (Wildman–Crippen MR) is 116 cm³/mol. The molecule has 0 aliphatic carbocycles. The lowest BCUT2D eigenvalue weighted by Crippen LogP contribution is -2.24. The number of nitrogens with one attached hydrogen (secondary N) is 2. The van der Waals surface area contributed by atoms with Crippen LogP contribution in [0.1, 0.15) is 18.5 Å². The van der Waals surface area contributed by atoms with E-state index in [-0.39, 0.29) is 17.7 Å². The van der Waals surface area contributed by atoms with Crippen molar-refractivity contribution < 1.29 is 14.6 Å². The van der Waals surface area contributed by atoms with Gasteiger partial charge in [-0.3, -0.25) is 4.79 Å². The highest BCUT2D eigenvalue weighted by molar-refractivity contribution is 7.17. The van der Waals surface area contributed by atoms with Gasteiger partial charge in [0.25, 0.3) is 5.56 Å². The van der Waals surface area contributed by atoms with Gasteiger partial charge >= 0.3 is 6.09 Å². The molecule has 0 spiro atoms. The monoisotopic (exact) mass is 428 g/mol. The van der Waals surface area contributed by atoms with Crippen molar-refractivity contribution in [1.82, 2.24) is 10.3 Å². The van der Waals surface area contributed by atoms with Gasteiger partial charge < -0.3 is 20.1 Å². The molecule has 0 bridgehead atoms. The number of carboxylic acid groups (broad SMARTS) is 1. The molecule has 1 unspecified atom stereocenters. The predicted octanol–water partition coefficient (Wildman–Crippen LogP) is 5.31. The highest BCUT2D eigenvalue weighted by Crippen LogP contribution is 2.38. The molecule has 0 radical (unpaired) electrons. The van der Waals surface area contributed by atoms with Gasteiger partial charge in [-0.05, 0) is 47.2 Å². The van der Waals surface area contributed by atoms with Crippen molar-refractivity contribution in [3.8, 4) is 16.9 Å². The van der Waals surface area contributed by atoms with Gasteiger partial charge in [0, 0.05) is 10.8 Å². The lowest BCUT2D eigenvalue weighted by Gasteiger charge is -2.14. The van der Waals surface area contributed by atoms with E-state index in [1.54, 1.807) is 13.0 Å². The highest BCUT2D eigenvalue weighted by Gasteiger charge is 2.16. The fraction of sp³-hybridized carbons (Fsp3) is 0.143. The Morgan fingerprint density at radius 3 is 2.69 bits per heavy atom. The molecule has 0 saturated heterocycles. The molecular formula is C21H17ClN2O4S. The van der Waals surface area contributed by atoms with Crippen LogP contribution in [0.25, 0.3) is 32.1 Å². The van der Waals surface area contributed by atoms with Gasteiger partial charge in [0.2, 0.25) is 0 Å². The maximum absolute atomic E-state index is 12.5. The maximum Gasteiger partial charge on any atom is 0.405 e. The maximum atomic E-state index is 12.5. The zero-order valence-electron chi connectivity index (χ0n) is 15.4. The largest absolute Gasteiger partial charge is 0.476 e. The van der Waals surface area contributed by atoms with Crippen molar-refractivity contribution in [3.05, 3.63) is 63.8 Å². The number of carbonyl (C=O) groups is 1. The number of ether oxygens (including phenoxy) is 1. The van der Waals surface area contributed by atoms with Crippen molar-refractivity contribution >= 4 is 50.0 Å². The average Bonchev–Trinajstić information content (AvgIpc) is 3.19. The number of H-pyrrole nitrogens is 1. The van der Waals surface area contributed by atoms with Crippen molar-refractivity contribution in [2.45, 2.75) is 13.0 Å². The second-order valence-electron chi connectivity index (χ2n) is 6.53. The molecule has 1 amide bonds. The lowest BCUT2D eigenvalue weighted by atomic mass is 9.96. The van der Waals surface area contributed by atoms with Crippen molar-refractivity contribution in [2.24, 2.45) is 0 Å². The molecule has 29 heavy (non-hydrogen) atoms. The molecule has 0 fully saturated rings. The van der Waals surface area contributed by atoms with Crippen LogP contribution < -0.4 is 15.6 Å². The van der Waals surface area contributed by atoms with E-state index in [1.165, 1.54) is 11.3 Å². The number of hydrogen-bond acceptors (Lipinski definition) is 4. The van der Waals surface area contributed by atoms with Gasteiger partial charge in [-0.1, -0.05) is 35.9 Å². The summed E-state index contributed by atoms with van der Waals surface area (Å²) in [6.45, 7) is 1.79. The second-order valence-corrected chi connectivity index (χ2v) is 7.66. The molecule has 148 valence electrons. The van der Waals surface area contributed by atoms with Crippen LogP contribution in [0.4, 0.5) is 4.79 Å². The zero-order valence-corrected chi connectivity index (χ0v) is 16.9. The normalized spacial score (nSPS) is 12.2. The summed E-state index contributed by atoms with van der Waals surface area (Å²) in [5.74, 6) is 0.514. The number of amides is 1. The molecule has 0 aliphatic rings. The van der Waals surface area contributed by atoms with E-state index in [0.717, 1.165) is 27.5 Å². The van der Waals surface area contributed by atoms with Crippen LogP contribution in [0.2, 0.25) is 0 Å². The number of thiophene rings is 1. The number of rotatable bonds is 5. The highest BCUT2D eigenvalue weighted by atomic mass is 35.5. The number of hydrogen-bond donors (Lipinski definition) is 3. The Morgan fingerprint density at radius 1 is 1.24 bits per heavy atom. The van der Waals surface area contributed by atoms with Crippen LogP contribution in [-0.2, 0) is 0 Å². The van der Waals surface area contributed by atoms with Gasteiger partial charge in [0.05, 0.1) is 11.6 Å². The fourth-order valence-corrected chi connectivity index (χ4v) is 4.39. The van der Waals surface area contributed by atoms with Crippen LogP contribution >= 0.6 is 22.9 Å². The van der Waals surface area contributed by atoms with E-state index >= 15 is 0 Å². The molecule has 4 aromatic rings. The molecule has 3 N–H and O–H groups in total. The minimum atomic E-state index is -1.06. The zero-order chi connectivity index (χ0) is 20.5. The topological polar surface area (TPSA) is 91.4 Å². The fourth-order valence-electron chi connectivity index (χ4n) is 3.48. The van der Waals surface area contributed by atoms with E-state index in [1.807, 2.05) is 41.8 Å². The molecule has 0 saturated carbocycles. The Hall–Kier alpha value is -3.03. The molecule has 2 aromatic carbocycles. The summed E-state index contributed by atoms with van der Waals surface area (Å²) in [6, 6.07) is 13.0. The Morgan fingerprint density at radius 2 is 2.00 bits per heavy atom. The lowest BCUT2D eigenvalue weighted by molar-refractivity contribution is 0.191. The number of alkyl halides is 1. The quantitative estimate of drug-likeness (QED) is 0.375. The molecule has 4 rings (SSSR count). The first-order valence-corrected chi connectivity index (χ1v) is 10.3. The number of aromatic amines is 1. The second kappa shape index (κ2) is 7.77. The summed E-state index contributed by atoms with van der Waals surface area (Å²) >= 11 is 7.14. The minimum Gasteiger partial charge on any atom is -0.476 e. The van der Waals surface area contributed by atoms with Crippen LogP contribution in [0.5, 0.6) is 5.75 Å². The van der Waals surface area contributed by atoms with Crippen LogP contribution in [0, 0.1) is 0 Å².